The average molecular weight is 352 g/mol. The molecule has 0 aliphatic rings. The Morgan fingerprint density at radius 3 is 2.40 bits per heavy atom. The summed E-state index contributed by atoms with van der Waals surface area (Å²) in [6, 6.07) is 21.8. The van der Waals surface area contributed by atoms with Crippen molar-refractivity contribution in [3.63, 3.8) is 0 Å². The van der Waals surface area contributed by atoms with Crippen LogP contribution >= 0.6 is 12.2 Å². The van der Waals surface area contributed by atoms with Crippen LogP contribution in [-0.4, -0.2) is 17.1 Å². The zero-order valence-electron chi connectivity index (χ0n) is 14.0. The van der Waals surface area contributed by atoms with Crippen LogP contribution in [0.5, 0.6) is 5.75 Å². The number of hydrogen-bond acceptors (Lipinski definition) is 3. The third kappa shape index (κ3) is 4.84. The molecule has 4 nitrogen and oxygen atoms in total. The Hall–Kier alpha value is -2.79. The molecule has 0 saturated heterocycles. The highest BCUT2D eigenvalue weighted by molar-refractivity contribution is 7.80. The molecule has 1 aromatic heterocycles. The molecule has 0 radical (unpaired) electrons. The second-order valence-electron chi connectivity index (χ2n) is 5.58. The second kappa shape index (κ2) is 8.35. The van der Waals surface area contributed by atoms with Crippen molar-refractivity contribution in [1.29, 1.82) is 0 Å². The van der Waals surface area contributed by atoms with Crippen molar-refractivity contribution >= 4 is 23.0 Å². The van der Waals surface area contributed by atoms with Gasteiger partial charge in [-0.05, 0) is 54.2 Å². The van der Waals surface area contributed by atoms with Crippen molar-refractivity contribution in [2.75, 3.05) is 12.4 Å². The van der Waals surface area contributed by atoms with E-state index < -0.39 is 0 Å². The molecule has 0 aliphatic carbocycles. The molecule has 0 bridgehead atoms. The van der Waals surface area contributed by atoms with E-state index >= 15 is 0 Å². The molecular formula is C20H20N2O2S. The minimum Gasteiger partial charge on any atom is -0.497 e. The van der Waals surface area contributed by atoms with Crippen LogP contribution in [-0.2, 0) is 13.1 Å². The number of benzene rings is 2. The maximum atomic E-state index is 5.63. The summed E-state index contributed by atoms with van der Waals surface area (Å²) < 4.78 is 10.7. The van der Waals surface area contributed by atoms with Crippen LogP contribution in [0.25, 0.3) is 0 Å². The van der Waals surface area contributed by atoms with E-state index in [1.165, 1.54) is 5.56 Å². The molecule has 0 spiro atoms. The molecule has 0 atom stereocenters. The summed E-state index contributed by atoms with van der Waals surface area (Å²) in [5, 5.41) is 3.93. The number of thiocarbonyl (C=S) groups is 1. The standard InChI is InChI=1S/C20H20N2O2S/c1-23-18-11-9-17(10-12-18)21-20(25)22(15-19-8-5-13-24-19)14-16-6-3-2-4-7-16/h2-13H,14-15H2,1H3,(H,21,25). The molecule has 1 heterocycles. The largest absolute Gasteiger partial charge is 0.497 e. The van der Waals surface area contributed by atoms with Gasteiger partial charge in [-0.1, -0.05) is 30.3 Å². The number of hydrogen-bond donors (Lipinski definition) is 1. The molecule has 128 valence electrons. The smallest absolute Gasteiger partial charge is 0.174 e. The molecule has 0 unspecified atom stereocenters. The number of nitrogens with zero attached hydrogens (tertiary/aromatic N) is 1. The lowest BCUT2D eigenvalue weighted by molar-refractivity contribution is 0.360. The summed E-state index contributed by atoms with van der Waals surface area (Å²) in [5.41, 5.74) is 2.11. The molecule has 3 rings (SSSR count). The van der Waals surface area contributed by atoms with Gasteiger partial charge in [0.2, 0.25) is 0 Å². The quantitative estimate of drug-likeness (QED) is 0.652. The maximum Gasteiger partial charge on any atom is 0.174 e. The van der Waals surface area contributed by atoms with E-state index in [0.717, 1.165) is 17.2 Å². The Kier molecular flexibility index (Phi) is 5.69. The maximum absolute atomic E-state index is 5.63. The third-order valence-electron chi connectivity index (χ3n) is 3.77. The number of rotatable bonds is 6. The van der Waals surface area contributed by atoms with Crippen molar-refractivity contribution in [2.45, 2.75) is 13.1 Å². The van der Waals surface area contributed by atoms with Crippen molar-refractivity contribution in [2.24, 2.45) is 0 Å². The molecule has 0 saturated carbocycles. The normalized spacial score (nSPS) is 10.3. The van der Waals surface area contributed by atoms with E-state index in [2.05, 4.69) is 22.3 Å². The Morgan fingerprint density at radius 1 is 1.00 bits per heavy atom. The molecule has 0 aliphatic heterocycles. The lowest BCUT2D eigenvalue weighted by Gasteiger charge is -2.25. The number of nitrogens with one attached hydrogen (secondary N) is 1. The van der Waals surface area contributed by atoms with Gasteiger partial charge < -0.3 is 19.4 Å². The first-order valence-corrected chi connectivity index (χ1v) is 8.42. The summed E-state index contributed by atoms with van der Waals surface area (Å²) in [7, 11) is 1.65. The van der Waals surface area contributed by atoms with E-state index in [1.807, 2.05) is 54.6 Å². The van der Waals surface area contributed by atoms with Gasteiger partial charge >= 0.3 is 0 Å². The number of methoxy groups -OCH3 is 1. The Balaban J connectivity index is 1.73. The van der Waals surface area contributed by atoms with Crippen LogP contribution < -0.4 is 10.1 Å². The van der Waals surface area contributed by atoms with Gasteiger partial charge in [0.1, 0.15) is 11.5 Å². The summed E-state index contributed by atoms with van der Waals surface area (Å²) >= 11 is 5.63. The van der Waals surface area contributed by atoms with Crippen LogP contribution in [0, 0.1) is 0 Å². The van der Waals surface area contributed by atoms with Gasteiger partial charge in [-0.3, -0.25) is 0 Å². The minimum atomic E-state index is 0.601. The summed E-state index contributed by atoms with van der Waals surface area (Å²) in [4.78, 5) is 2.08. The zero-order valence-corrected chi connectivity index (χ0v) is 14.8. The van der Waals surface area contributed by atoms with E-state index in [1.54, 1.807) is 13.4 Å². The highest BCUT2D eigenvalue weighted by atomic mass is 32.1. The van der Waals surface area contributed by atoms with Gasteiger partial charge in [0, 0.05) is 12.2 Å². The lowest BCUT2D eigenvalue weighted by atomic mass is 10.2. The van der Waals surface area contributed by atoms with Crippen LogP contribution in [0.2, 0.25) is 0 Å². The molecule has 25 heavy (non-hydrogen) atoms. The minimum absolute atomic E-state index is 0.601. The third-order valence-corrected chi connectivity index (χ3v) is 4.13. The average Bonchev–Trinajstić information content (AvgIpc) is 3.16. The van der Waals surface area contributed by atoms with Crippen LogP contribution in [0.15, 0.2) is 77.4 Å². The first-order chi connectivity index (χ1) is 12.2. The van der Waals surface area contributed by atoms with Crippen molar-refractivity contribution in [3.8, 4) is 5.75 Å². The summed E-state index contributed by atoms with van der Waals surface area (Å²) in [6.45, 7) is 1.30. The molecule has 3 aromatic rings. The monoisotopic (exact) mass is 352 g/mol. The first-order valence-electron chi connectivity index (χ1n) is 8.01. The SMILES string of the molecule is COc1ccc(NC(=S)N(Cc2ccccc2)Cc2ccco2)cc1. The summed E-state index contributed by atoms with van der Waals surface area (Å²) in [6.07, 6.45) is 1.68. The van der Waals surface area contributed by atoms with Gasteiger partial charge in [0.05, 0.1) is 19.9 Å². The lowest BCUT2D eigenvalue weighted by Crippen LogP contribution is -2.33. The molecule has 0 amide bonds. The fourth-order valence-corrected chi connectivity index (χ4v) is 2.72. The molecular weight excluding hydrogens is 332 g/mol. The molecule has 2 aromatic carbocycles. The zero-order chi connectivity index (χ0) is 17.5. The van der Waals surface area contributed by atoms with Crippen LogP contribution in [0.3, 0.4) is 0 Å². The Labute approximate surface area is 153 Å². The van der Waals surface area contributed by atoms with E-state index in [9.17, 15) is 0 Å². The highest BCUT2D eigenvalue weighted by Gasteiger charge is 2.13. The second-order valence-corrected chi connectivity index (χ2v) is 5.97. The molecule has 0 fully saturated rings. The van der Waals surface area contributed by atoms with Gasteiger partial charge in [-0.2, -0.15) is 0 Å². The van der Waals surface area contributed by atoms with Crippen molar-refractivity contribution < 1.29 is 9.15 Å². The predicted octanol–water partition coefficient (Wildman–Crippen LogP) is 4.69. The summed E-state index contributed by atoms with van der Waals surface area (Å²) in [5.74, 6) is 1.68. The fraction of sp³-hybridized carbons (Fsp3) is 0.150. The highest BCUT2D eigenvalue weighted by Crippen LogP contribution is 2.17. The number of ether oxygens (including phenoxy) is 1. The van der Waals surface area contributed by atoms with Gasteiger partial charge in [0.15, 0.2) is 5.11 Å². The van der Waals surface area contributed by atoms with Crippen LogP contribution in [0.1, 0.15) is 11.3 Å². The van der Waals surface area contributed by atoms with Gasteiger partial charge in [0.25, 0.3) is 0 Å². The van der Waals surface area contributed by atoms with Gasteiger partial charge in [-0.25, -0.2) is 0 Å². The van der Waals surface area contributed by atoms with Gasteiger partial charge in [-0.15, -0.1) is 0 Å². The van der Waals surface area contributed by atoms with Crippen molar-refractivity contribution in [1.82, 2.24) is 4.90 Å². The Bertz CT molecular complexity index is 786. The van der Waals surface area contributed by atoms with E-state index in [4.69, 9.17) is 21.4 Å². The predicted molar refractivity (Wildman–Crippen MR) is 104 cm³/mol. The van der Waals surface area contributed by atoms with Crippen molar-refractivity contribution in [3.05, 3.63) is 84.3 Å². The Morgan fingerprint density at radius 2 is 1.76 bits per heavy atom. The number of furan rings is 1. The fourth-order valence-electron chi connectivity index (χ4n) is 2.47. The molecule has 1 N–H and O–H groups in total. The topological polar surface area (TPSA) is 37.6 Å². The van der Waals surface area contributed by atoms with E-state index in [-0.39, 0.29) is 0 Å². The first kappa shape index (κ1) is 17.0. The molecule has 5 heteroatoms. The van der Waals surface area contributed by atoms with Crippen LogP contribution in [0.4, 0.5) is 5.69 Å². The number of anilines is 1. The van der Waals surface area contributed by atoms with E-state index in [0.29, 0.717) is 18.2 Å².